The highest BCUT2D eigenvalue weighted by Gasteiger charge is 2.61. The topological polar surface area (TPSA) is 84.8 Å². The van der Waals surface area contributed by atoms with Gasteiger partial charge in [0.25, 0.3) is 0 Å². The van der Waals surface area contributed by atoms with Gasteiger partial charge in [-0.3, -0.25) is 9.59 Å². The maximum atomic E-state index is 12.6. The summed E-state index contributed by atoms with van der Waals surface area (Å²) in [5, 5.41) is 12.1. The van der Waals surface area contributed by atoms with Gasteiger partial charge >= 0.3 is 0 Å². The molecular weight excluding hydrogens is 384 g/mol. The van der Waals surface area contributed by atoms with Gasteiger partial charge in [-0.25, -0.2) is 4.98 Å². The third kappa shape index (κ3) is 3.16. The van der Waals surface area contributed by atoms with Crippen LogP contribution in [0.4, 0.5) is 5.69 Å². The van der Waals surface area contributed by atoms with Gasteiger partial charge in [0.1, 0.15) is 0 Å². The molecule has 7 heteroatoms. The number of aryl methyl sites for hydroxylation is 1. The van der Waals surface area contributed by atoms with Crippen LogP contribution >= 0.6 is 11.8 Å². The quantitative estimate of drug-likeness (QED) is 0.585. The number of thioether (sulfide) groups is 1. The number of hydrogen-bond acceptors (Lipinski definition) is 6. The number of nitrogens with zero attached hydrogens (tertiary/aromatic N) is 3. The first-order valence-corrected chi connectivity index (χ1v) is 10.9. The Morgan fingerprint density at radius 2 is 2.00 bits per heavy atom. The average molecular weight is 411 g/mol. The summed E-state index contributed by atoms with van der Waals surface area (Å²) in [6, 6.07) is 5.31. The van der Waals surface area contributed by atoms with E-state index in [1.807, 2.05) is 6.92 Å². The van der Waals surface area contributed by atoms with Crippen LogP contribution in [0.2, 0.25) is 0 Å². The number of anilines is 1. The minimum Gasteiger partial charge on any atom is -0.326 e. The van der Waals surface area contributed by atoms with E-state index in [1.165, 1.54) is 18.7 Å². The highest BCUT2D eigenvalue weighted by atomic mass is 32.2. The van der Waals surface area contributed by atoms with E-state index in [2.05, 4.69) is 36.3 Å². The third-order valence-electron chi connectivity index (χ3n) is 6.96. The molecule has 1 saturated carbocycles. The highest BCUT2D eigenvalue weighted by Crippen LogP contribution is 2.66. The molecule has 152 valence electrons. The fraction of sp³-hybridized carbons (Fsp3) is 0.500. The van der Waals surface area contributed by atoms with E-state index in [0.717, 1.165) is 35.5 Å². The molecule has 2 atom stereocenters. The number of fused-ring (bicyclic) bond motifs is 5. The van der Waals surface area contributed by atoms with Crippen LogP contribution in [-0.4, -0.2) is 32.6 Å². The molecule has 0 spiro atoms. The molecule has 1 fully saturated rings. The summed E-state index contributed by atoms with van der Waals surface area (Å²) in [6.45, 7) is 10.2. The fourth-order valence-electron chi connectivity index (χ4n) is 4.80. The largest absolute Gasteiger partial charge is 0.326 e. The molecule has 4 rings (SSSR count). The zero-order valence-corrected chi connectivity index (χ0v) is 18.3. The summed E-state index contributed by atoms with van der Waals surface area (Å²) in [5.41, 5.74) is 4.48. The Hall–Kier alpha value is -2.28. The molecule has 1 aromatic carbocycles. The first kappa shape index (κ1) is 20.0. The van der Waals surface area contributed by atoms with Crippen molar-refractivity contribution in [3.8, 4) is 0 Å². The van der Waals surface area contributed by atoms with E-state index < -0.39 is 0 Å². The molecule has 0 aliphatic heterocycles. The second-order valence-electron chi connectivity index (χ2n) is 8.90. The van der Waals surface area contributed by atoms with Crippen LogP contribution in [0.5, 0.6) is 0 Å². The van der Waals surface area contributed by atoms with Crippen LogP contribution in [-0.2, 0) is 10.2 Å². The lowest BCUT2D eigenvalue weighted by Crippen LogP contribution is -2.32. The number of rotatable bonds is 5. The minimum atomic E-state index is -0.130. The van der Waals surface area contributed by atoms with E-state index in [9.17, 15) is 9.59 Å². The predicted molar refractivity (Wildman–Crippen MR) is 113 cm³/mol. The molecule has 29 heavy (non-hydrogen) atoms. The molecule has 1 aromatic heterocycles. The summed E-state index contributed by atoms with van der Waals surface area (Å²) in [7, 11) is 0. The number of ketones is 1. The Morgan fingerprint density at radius 1 is 1.24 bits per heavy atom. The van der Waals surface area contributed by atoms with Crippen LogP contribution in [0.15, 0.2) is 23.4 Å². The zero-order chi connectivity index (χ0) is 21.0. The van der Waals surface area contributed by atoms with Crippen molar-refractivity contribution >= 4 is 29.1 Å². The average Bonchev–Trinajstić information content (AvgIpc) is 2.99. The molecule has 0 saturated heterocycles. The molecule has 0 radical (unpaired) electrons. The molecule has 1 amide bonds. The normalized spacial score (nSPS) is 23.7. The molecule has 2 bridgehead atoms. The Labute approximate surface area is 175 Å². The number of benzene rings is 1. The van der Waals surface area contributed by atoms with Gasteiger partial charge in [-0.05, 0) is 48.9 Å². The second-order valence-corrected chi connectivity index (χ2v) is 9.84. The van der Waals surface area contributed by atoms with E-state index in [1.54, 1.807) is 18.2 Å². The maximum absolute atomic E-state index is 12.6. The highest BCUT2D eigenvalue weighted by molar-refractivity contribution is 7.99. The van der Waals surface area contributed by atoms with Crippen molar-refractivity contribution in [1.29, 1.82) is 0 Å². The Balaban J connectivity index is 1.48. The number of nitrogens with one attached hydrogen (secondary N) is 1. The lowest BCUT2D eigenvalue weighted by molar-refractivity contribution is -0.114. The van der Waals surface area contributed by atoms with Gasteiger partial charge in [-0.1, -0.05) is 32.5 Å². The number of carbonyl (C=O) groups is 2. The van der Waals surface area contributed by atoms with Gasteiger partial charge < -0.3 is 5.32 Å². The van der Waals surface area contributed by atoms with Crippen LogP contribution < -0.4 is 5.32 Å². The second kappa shape index (κ2) is 6.90. The van der Waals surface area contributed by atoms with Crippen molar-refractivity contribution < 1.29 is 9.59 Å². The molecule has 1 heterocycles. The molecule has 1 N–H and O–H groups in total. The summed E-state index contributed by atoms with van der Waals surface area (Å²) >= 11 is 1.33. The van der Waals surface area contributed by atoms with Gasteiger partial charge in [0.2, 0.25) is 11.1 Å². The van der Waals surface area contributed by atoms with Crippen molar-refractivity contribution in [2.24, 2.45) is 5.41 Å². The fourth-order valence-corrected chi connectivity index (χ4v) is 5.49. The lowest BCUT2D eigenvalue weighted by atomic mass is 9.70. The number of aromatic nitrogens is 3. The van der Waals surface area contributed by atoms with Gasteiger partial charge in [0, 0.05) is 29.5 Å². The molecule has 2 aromatic rings. The van der Waals surface area contributed by atoms with E-state index in [4.69, 9.17) is 4.98 Å². The monoisotopic (exact) mass is 410 g/mol. The van der Waals surface area contributed by atoms with Crippen molar-refractivity contribution in [3.63, 3.8) is 0 Å². The predicted octanol–water partition coefficient (Wildman–Crippen LogP) is 4.29. The number of amides is 1. The minimum absolute atomic E-state index is 0.00429. The molecule has 2 aliphatic carbocycles. The molecule has 0 unspecified atom stereocenters. The van der Waals surface area contributed by atoms with Gasteiger partial charge in [-0.15, -0.1) is 5.10 Å². The van der Waals surface area contributed by atoms with Crippen molar-refractivity contribution in [2.45, 2.75) is 63.9 Å². The van der Waals surface area contributed by atoms with Crippen LogP contribution in [0, 0.1) is 12.3 Å². The van der Waals surface area contributed by atoms with Crippen molar-refractivity contribution in [1.82, 2.24) is 15.2 Å². The van der Waals surface area contributed by atoms with E-state index >= 15 is 0 Å². The smallest absolute Gasteiger partial charge is 0.221 e. The number of hydrogen-bond donors (Lipinski definition) is 1. The third-order valence-corrected chi connectivity index (χ3v) is 7.80. The Kier molecular flexibility index (Phi) is 4.76. The molecular formula is C22H26N4O2S. The first-order chi connectivity index (χ1) is 13.6. The summed E-state index contributed by atoms with van der Waals surface area (Å²) in [5.74, 6) is 0.551. The first-order valence-electron chi connectivity index (χ1n) is 9.93. The summed E-state index contributed by atoms with van der Waals surface area (Å²) < 4.78 is 0. The Morgan fingerprint density at radius 3 is 2.69 bits per heavy atom. The SMILES string of the molecule is CC(=O)Nc1ccc(C(=O)CSc2nnc3c(n2)[C@]2(C)CC[C@@H]3C2(C)C)cc1C. The Bertz CT molecular complexity index is 1020. The number of carbonyl (C=O) groups excluding carboxylic acids is 2. The van der Waals surface area contributed by atoms with E-state index in [0.29, 0.717) is 16.6 Å². The van der Waals surface area contributed by atoms with Crippen LogP contribution in [0.3, 0.4) is 0 Å². The van der Waals surface area contributed by atoms with Crippen LogP contribution in [0.1, 0.15) is 73.8 Å². The molecule has 2 aliphatic rings. The standard InChI is InChI=1S/C22H26N4O2S/c1-12-10-14(6-7-16(12)23-13(2)27)17(28)11-29-20-24-19-18(25-26-20)15-8-9-22(19,5)21(15,3)4/h6-7,10,15H,8-9,11H2,1-5H3,(H,23,27)/t15-,22-/m0/s1. The van der Waals surface area contributed by atoms with Gasteiger partial charge in [0.15, 0.2) is 5.78 Å². The van der Waals surface area contributed by atoms with Gasteiger partial charge in [-0.2, -0.15) is 5.10 Å². The zero-order valence-electron chi connectivity index (χ0n) is 17.5. The summed E-state index contributed by atoms with van der Waals surface area (Å²) in [4.78, 5) is 28.7. The lowest BCUT2D eigenvalue weighted by Gasteiger charge is -2.33. The van der Waals surface area contributed by atoms with Crippen molar-refractivity contribution in [2.75, 3.05) is 11.1 Å². The summed E-state index contributed by atoms with van der Waals surface area (Å²) in [6.07, 6.45) is 2.27. The number of Topliss-reactive ketones (excluding diaryl/α,β-unsaturated/α-hetero) is 1. The maximum Gasteiger partial charge on any atom is 0.221 e. The van der Waals surface area contributed by atoms with Crippen LogP contribution in [0.25, 0.3) is 0 Å². The molecule has 6 nitrogen and oxygen atoms in total. The van der Waals surface area contributed by atoms with Crippen molar-refractivity contribution in [3.05, 3.63) is 40.7 Å². The van der Waals surface area contributed by atoms with Gasteiger partial charge in [0.05, 0.1) is 17.1 Å². The van der Waals surface area contributed by atoms with E-state index in [-0.39, 0.29) is 28.3 Å².